The molecule has 1 saturated carbocycles. The molecule has 1 aliphatic carbocycles. The van der Waals surface area contributed by atoms with Gasteiger partial charge in [-0.1, -0.05) is 30.3 Å². The highest BCUT2D eigenvalue weighted by Crippen LogP contribution is 2.25. The number of benzene rings is 1. The average molecular weight is 218 g/mol. The van der Waals surface area contributed by atoms with Gasteiger partial charge >= 0.3 is 0 Å². The number of nitrogens with zero attached hydrogens (tertiary/aromatic N) is 1. The zero-order valence-electron chi connectivity index (χ0n) is 9.60. The molecule has 0 saturated heterocycles. The van der Waals surface area contributed by atoms with Crippen molar-refractivity contribution >= 4 is 5.91 Å². The van der Waals surface area contributed by atoms with E-state index in [0.29, 0.717) is 6.04 Å². The van der Waals surface area contributed by atoms with Crippen molar-refractivity contribution in [3.63, 3.8) is 0 Å². The molecule has 0 unspecified atom stereocenters. The first-order valence-corrected chi connectivity index (χ1v) is 5.77. The van der Waals surface area contributed by atoms with Crippen molar-refractivity contribution in [1.82, 2.24) is 4.90 Å². The topological polar surface area (TPSA) is 46.3 Å². The van der Waals surface area contributed by atoms with Crippen molar-refractivity contribution in [3.8, 4) is 0 Å². The molecule has 1 fully saturated rings. The summed E-state index contributed by atoms with van der Waals surface area (Å²) in [7, 11) is 1.86. The van der Waals surface area contributed by atoms with Crippen molar-refractivity contribution in [2.75, 3.05) is 7.05 Å². The molecule has 2 rings (SSSR count). The molecule has 0 spiro atoms. The van der Waals surface area contributed by atoms with Crippen LogP contribution in [0.2, 0.25) is 0 Å². The van der Waals surface area contributed by atoms with Crippen LogP contribution in [-0.4, -0.2) is 23.9 Å². The quantitative estimate of drug-likeness (QED) is 0.839. The molecule has 1 aliphatic rings. The fraction of sp³-hybridized carbons (Fsp3) is 0.462. The lowest BCUT2D eigenvalue weighted by Gasteiger charge is -2.36. The molecule has 1 atom stereocenters. The minimum absolute atomic E-state index is 0.0240. The van der Waals surface area contributed by atoms with Gasteiger partial charge in [-0.05, 0) is 24.8 Å². The SMILES string of the molecule is CN(C(=O)[C@H](N)c1ccccc1)C1CCC1. The lowest BCUT2D eigenvalue weighted by atomic mass is 9.91. The Morgan fingerprint density at radius 1 is 1.38 bits per heavy atom. The smallest absolute Gasteiger partial charge is 0.244 e. The molecule has 1 aromatic carbocycles. The normalized spacial score (nSPS) is 17.6. The monoisotopic (exact) mass is 218 g/mol. The maximum absolute atomic E-state index is 12.1. The number of carbonyl (C=O) groups excluding carboxylic acids is 1. The highest BCUT2D eigenvalue weighted by atomic mass is 16.2. The maximum Gasteiger partial charge on any atom is 0.244 e. The Bertz CT molecular complexity index is 359. The van der Waals surface area contributed by atoms with Crippen LogP contribution in [-0.2, 0) is 4.79 Å². The Morgan fingerprint density at radius 3 is 2.50 bits per heavy atom. The first-order valence-electron chi connectivity index (χ1n) is 5.77. The van der Waals surface area contributed by atoms with E-state index in [-0.39, 0.29) is 5.91 Å². The van der Waals surface area contributed by atoms with Crippen LogP contribution in [0.4, 0.5) is 0 Å². The molecule has 1 amide bonds. The number of hydrogen-bond acceptors (Lipinski definition) is 2. The molecule has 0 bridgehead atoms. The van der Waals surface area contributed by atoms with Crippen molar-refractivity contribution in [2.24, 2.45) is 5.73 Å². The van der Waals surface area contributed by atoms with E-state index < -0.39 is 6.04 Å². The van der Waals surface area contributed by atoms with E-state index in [1.54, 1.807) is 4.90 Å². The van der Waals surface area contributed by atoms with Crippen LogP contribution in [0.5, 0.6) is 0 Å². The van der Waals surface area contributed by atoms with Gasteiger partial charge < -0.3 is 10.6 Å². The number of amides is 1. The molecule has 2 N–H and O–H groups in total. The second-order valence-electron chi connectivity index (χ2n) is 4.42. The largest absolute Gasteiger partial charge is 0.341 e. The van der Waals surface area contributed by atoms with E-state index in [4.69, 9.17) is 5.73 Å². The average Bonchev–Trinajstić information content (AvgIpc) is 2.26. The van der Waals surface area contributed by atoms with Crippen LogP contribution in [0.3, 0.4) is 0 Å². The summed E-state index contributed by atoms with van der Waals surface area (Å²) < 4.78 is 0. The zero-order valence-corrected chi connectivity index (χ0v) is 9.60. The molecule has 0 aromatic heterocycles. The molecule has 0 radical (unpaired) electrons. The molecule has 1 aromatic rings. The number of carbonyl (C=O) groups is 1. The van der Waals surface area contributed by atoms with Gasteiger partial charge in [0.05, 0.1) is 0 Å². The van der Waals surface area contributed by atoms with Crippen LogP contribution in [0.1, 0.15) is 30.9 Å². The lowest BCUT2D eigenvalue weighted by Crippen LogP contribution is -2.45. The van der Waals surface area contributed by atoms with Crippen molar-refractivity contribution in [2.45, 2.75) is 31.3 Å². The van der Waals surface area contributed by atoms with E-state index >= 15 is 0 Å². The van der Waals surface area contributed by atoms with Crippen LogP contribution in [0, 0.1) is 0 Å². The second-order valence-corrected chi connectivity index (χ2v) is 4.42. The van der Waals surface area contributed by atoms with E-state index in [9.17, 15) is 4.79 Å². The van der Waals surface area contributed by atoms with Crippen molar-refractivity contribution < 1.29 is 4.79 Å². The third-order valence-corrected chi connectivity index (χ3v) is 3.39. The van der Waals surface area contributed by atoms with Gasteiger partial charge in [-0.25, -0.2) is 0 Å². The Balaban J connectivity index is 2.04. The summed E-state index contributed by atoms with van der Waals surface area (Å²) in [4.78, 5) is 13.9. The minimum Gasteiger partial charge on any atom is -0.341 e. The van der Waals surface area contributed by atoms with Crippen LogP contribution >= 0.6 is 0 Å². The Morgan fingerprint density at radius 2 is 2.00 bits per heavy atom. The van der Waals surface area contributed by atoms with Crippen molar-refractivity contribution in [1.29, 1.82) is 0 Å². The summed E-state index contributed by atoms with van der Waals surface area (Å²) in [6.07, 6.45) is 3.45. The summed E-state index contributed by atoms with van der Waals surface area (Å²) in [5, 5.41) is 0. The summed E-state index contributed by atoms with van der Waals surface area (Å²) in [5.74, 6) is 0.0240. The molecular weight excluding hydrogens is 200 g/mol. The van der Waals surface area contributed by atoms with Crippen molar-refractivity contribution in [3.05, 3.63) is 35.9 Å². The van der Waals surface area contributed by atoms with E-state index in [2.05, 4.69) is 0 Å². The number of likely N-dealkylation sites (N-methyl/N-ethyl adjacent to an activating group) is 1. The first kappa shape index (κ1) is 11.1. The molecule has 0 aliphatic heterocycles. The summed E-state index contributed by atoms with van der Waals surface area (Å²) in [5.41, 5.74) is 6.85. The molecule has 3 nitrogen and oxygen atoms in total. The molecule has 86 valence electrons. The van der Waals surface area contributed by atoms with Gasteiger partial charge in [0, 0.05) is 13.1 Å². The summed E-state index contributed by atoms with van der Waals surface area (Å²) in [6.45, 7) is 0. The lowest BCUT2D eigenvalue weighted by molar-refractivity contribution is -0.135. The first-order chi connectivity index (χ1) is 7.70. The van der Waals surface area contributed by atoms with Gasteiger partial charge in [0.2, 0.25) is 5.91 Å². The Kier molecular flexibility index (Phi) is 3.25. The van der Waals surface area contributed by atoms with E-state index in [1.165, 1.54) is 6.42 Å². The highest BCUT2D eigenvalue weighted by Gasteiger charge is 2.29. The number of nitrogens with two attached hydrogens (primary N) is 1. The van der Waals surface area contributed by atoms with Gasteiger partial charge in [0.15, 0.2) is 0 Å². The van der Waals surface area contributed by atoms with Crippen LogP contribution in [0.25, 0.3) is 0 Å². The van der Waals surface area contributed by atoms with E-state index in [0.717, 1.165) is 18.4 Å². The van der Waals surface area contributed by atoms with Crippen LogP contribution in [0.15, 0.2) is 30.3 Å². The molecule has 3 heteroatoms. The highest BCUT2D eigenvalue weighted by molar-refractivity contribution is 5.83. The minimum atomic E-state index is -0.521. The molecule has 16 heavy (non-hydrogen) atoms. The van der Waals surface area contributed by atoms with Gasteiger partial charge in [0.1, 0.15) is 6.04 Å². The predicted octanol–water partition coefficient (Wildman–Crippen LogP) is 1.70. The van der Waals surface area contributed by atoms with Gasteiger partial charge in [-0.15, -0.1) is 0 Å². The summed E-state index contributed by atoms with van der Waals surface area (Å²) >= 11 is 0. The van der Waals surface area contributed by atoms with Crippen LogP contribution < -0.4 is 5.73 Å². The van der Waals surface area contributed by atoms with Gasteiger partial charge in [-0.3, -0.25) is 4.79 Å². The van der Waals surface area contributed by atoms with Gasteiger partial charge in [0.25, 0.3) is 0 Å². The number of rotatable bonds is 3. The standard InChI is InChI=1S/C13H18N2O/c1-15(11-8-5-9-11)13(16)12(14)10-6-3-2-4-7-10/h2-4,6-7,11-12H,5,8-9,14H2,1H3/t12-/m1/s1. The number of hydrogen-bond donors (Lipinski definition) is 1. The third kappa shape index (κ3) is 2.09. The van der Waals surface area contributed by atoms with E-state index in [1.807, 2.05) is 37.4 Å². The molecule has 0 heterocycles. The summed E-state index contributed by atoms with van der Waals surface area (Å²) in [6, 6.07) is 9.43. The fourth-order valence-corrected chi connectivity index (χ4v) is 1.98. The fourth-order valence-electron chi connectivity index (χ4n) is 1.98. The zero-order chi connectivity index (χ0) is 11.5. The predicted molar refractivity (Wildman–Crippen MR) is 63.8 cm³/mol. The Hall–Kier alpha value is -1.35. The Labute approximate surface area is 96.2 Å². The maximum atomic E-state index is 12.1. The van der Waals surface area contributed by atoms with Gasteiger partial charge in [-0.2, -0.15) is 0 Å². The second kappa shape index (κ2) is 4.66. The molecular formula is C13H18N2O. The third-order valence-electron chi connectivity index (χ3n) is 3.39.